The summed E-state index contributed by atoms with van der Waals surface area (Å²) in [5.41, 5.74) is 0.946. The van der Waals surface area contributed by atoms with E-state index in [0.29, 0.717) is 17.2 Å². The van der Waals surface area contributed by atoms with Crippen LogP contribution >= 0.6 is 22.9 Å². The molecule has 1 atom stereocenters. The number of rotatable bonds is 6. The van der Waals surface area contributed by atoms with Gasteiger partial charge in [0.05, 0.1) is 32.4 Å². The van der Waals surface area contributed by atoms with Crippen molar-refractivity contribution < 1.29 is 14.2 Å². The van der Waals surface area contributed by atoms with Crippen molar-refractivity contribution in [3.8, 4) is 17.2 Å². The van der Waals surface area contributed by atoms with Crippen LogP contribution in [0.25, 0.3) is 0 Å². The Labute approximate surface area is 133 Å². The van der Waals surface area contributed by atoms with E-state index in [0.717, 1.165) is 15.5 Å². The van der Waals surface area contributed by atoms with Crippen LogP contribution in [0.2, 0.25) is 5.02 Å². The highest BCUT2D eigenvalue weighted by molar-refractivity contribution is 7.10. The van der Waals surface area contributed by atoms with Gasteiger partial charge in [-0.05, 0) is 30.6 Å². The van der Waals surface area contributed by atoms with E-state index in [1.54, 1.807) is 32.7 Å². The van der Waals surface area contributed by atoms with Gasteiger partial charge in [-0.2, -0.15) is 0 Å². The van der Waals surface area contributed by atoms with Crippen LogP contribution in [0.4, 0.5) is 0 Å². The Morgan fingerprint density at radius 1 is 1.05 bits per heavy atom. The molecule has 0 spiro atoms. The molecule has 1 N–H and O–H groups in total. The van der Waals surface area contributed by atoms with Gasteiger partial charge in [0.25, 0.3) is 0 Å². The minimum absolute atomic E-state index is 0.0766. The maximum absolute atomic E-state index is 6.26. The van der Waals surface area contributed by atoms with Gasteiger partial charge < -0.3 is 19.5 Å². The zero-order chi connectivity index (χ0) is 15.4. The molecular weight excluding hydrogens is 310 g/mol. The first-order valence-electron chi connectivity index (χ1n) is 6.36. The van der Waals surface area contributed by atoms with E-state index in [-0.39, 0.29) is 6.04 Å². The maximum Gasteiger partial charge on any atom is 0.203 e. The lowest BCUT2D eigenvalue weighted by Crippen LogP contribution is -2.18. The molecule has 2 aromatic rings. The lowest BCUT2D eigenvalue weighted by molar-refractivity contribution is 0.321. The van der Waals surface area contributed by atoms with E-state index in [1.807, 2.05) is 30.6 Å². The zero-order valence-corrected chi connectivity index (χ0v) is 14.0. The summed E-state index contributed by atoms with van der Waals surface area (Å²) in [4.78, 5) is 1.03. The lowest BCUT2D eigenvalue weighted by atomic mass is 10.0. The summed E-state index contributed by atoms with van der Waals surface area (Å²) in [6.45, 7) is 0. The molecule has 2 rings (SSSR count). The Balaban J connectivity index is 2.59. The predicted octanol–water partition coefficient (Wildman–Crippen LogP) is 3.74. The standard InChI is InChI=1S/C15H18ClNO3S/c1-17-12(15-10(16)7-8-21-15)9-5-6-11(18-2)14(20-4)13(9)19-3/h5-8,12,17H,1-4H3. The molecule has 1 heterocycles. The van der Waals surface area contributed by atoms with Crippen molar-refractivity contribution >= 4 is 22.9 Å². The number of benzene rings is 1. The average Bonchev–Trinajstić information content (AvgIpc) is 2.93. The van der Waals surface area contributed by atoms with Gasteiger partial charge >= 0.3 is 0 Å². The van der Waals surface area contributed by atoms with Gasteiger partial charge in [-0.1, -0.05) is 11.6 Å². The van der Waals surface area contributed by atoms with E-state index in [4.69, 9.17) is 25.8 Å². The minimum atomic E-state index is -0.0766. The van der Waals surface area contributed by atoms with Crippen LogP contribution in [-0.4, -0.2) is 28.4 Å². The summed E-state index contributed by atoms with van der Waals surface area (Å²) in [5, 5.41) is 5.97. The van der Waals surface area contributed by atoms with Gasteiger partial charge in [-0.25, -0.2) is 0 Å². The lowest BCUT2D eigenvalue weighted by Gasteiger charge is -2.21. The summed E-state index contributed by atoms with van der Waals surface area (Å²) < 4.78 is 16.3. The Morgan fingerprint density at radius 2 is 1.76 bits per heavy atom. The van der Waals surface area contributed by atoms with Gasteiger partial charge in [0, 0.05) is 10.4 Å². The molecule has 0 saturated heterocycles. The van der Waals surface area contributed by atoms with Gasteiger partial charge in [0.15, 0.2) is 11.5 Å². The first-order valence-corrected chi connectivity index (χ1v) is 7.62. The molecule has 1 aromatic carbocycles. The molecule has 0 radical (unpaired) electrons. The Bertz CT molecular complexity index is 615. The maximum atomic E-state index is 6.26. The van der Waals surface area contributed by atoms with Crippen molar-refractivity contribution in [2.45, 2.75) is 6.04 Å². The summed E-state index contributed by atoms with van der Waals surface area (Å²) in [6, 6.07) is 5.63. The quantitative estimate of drug-likeness (QED) is 0.877. The predicted molar refractivity (Wildman–Crippen MR) is 86.3 cm³/mol. The second-order valence-electron chi connectivity index (χ2n) is 4.28. The number of methoxy groups -OCH3 is 3. The molecule has 1 unspecified atom stereocenters. The van der Waals surface area contributed by atoms with Gasteiger partial charge in [0.1, 0.15) is 0 Å². The molecule has 6 heteroatoms. The molecule has 0 aliphatic carbocycles. The summed E-state index contributed by atoms with van der Waals surface area (Å²) >= 11 is 7.86. The van der Waals surface area contributed by atoms with Gasteiger partial charge in [0.2, 0.25) is 5.75 Å². The third kappa shape index (κ3) is 2.95. The molecule has 1 aromatic heterocycles. The van der Waals surface area contributed by atoms with Gasteiger partial charge in [-0.3, -0.25) is 0 Å². The molecule has 0 saturated carbocycles. The topological polar surface area (TPSA) is 39.7 Å². The fourth-order valence-corrected chi connectivity index (χ4v) is 3.58. The van der Waals surface area contributed by atoms with Crippen LogP contribution in [0, 0.1) is 0 Å². The highest BCUT2D eigenvalue weighted by Crippen LogP contribution is 2.45. The molecule has 114 valence electrons. The first-order chi connectivity index (χ1) is 10.2. The number of halogens is 1. The Hall–Kier alpha value is -1.43. The number of hydrogen-bond acceptors (Lipinski definition) is 5. The molecule has 0 bridgehead atoms. The second-order valence-corrected chi connectivity index (χ2v) is 5.63. The van der Waals surface area contributed by atoms with Gasteiger partial charge in [-0.15, -0.1) is 11.3 Å². The van der Waals surface area contributed by atoms with Crippen molar-refractivity contribution in [2.75, 3.05) is 28.4 Å². The molecule has 0 aliphatic rings. The molecule has 21 heavy (non-hydrogen) atoms. The SMILES string of the molecule is CNC(c1ccc(OC)c(OC)c1OC)c1sccc1Cl. The van der Waals surface area contributed by atoms with E-state index < -0.39 is 0 Å². The van der Waals surface area contributed by atoms with E-state index >= 15 is 0 Å². The second kappa shape index (κ2) is 7.02. The van der Waals surface area contributed by atoms with Crippen molar-refractivity contribution in [2.24, 2.45) is 0 Å². The molecular formula is C15H18ClNO3S. The van der Waals surface area contributed by atoms with Crippen LogP contribution < -0.4 is 19.5 Å². The number of hydrogen-bond donors (Lipinski definition) is 1. The van der Waals surface area contributed by atoms with E-state index in [1.165, 1.54) is 0 Å². The summed E-state index contributed by atoms with van der Waals surface area (Å²) in [5.74, 6) is 1.84. The monoisotopic (exact) mass is 327 g/mol. The summed E-state index contributed by atoms with van der Waals surface area (Å²) in [7, 11) is 6.69. The third-order valence-corrected chi connectivity index (χ3v) is 4.66. The highest BCUT2D eigenvalue weighted by Gasteiger charge is 2.24. The largest absolute Gasteiger partial charge is 0.493 e. The number of ether oxygens (including phenoxy) is 3. The van der Waals surface area contributed by atoms with Crippen LogP contribution in [0.5, 0.6) is 17.2 Å². The minimum Gasteiger partial charge on any atom is -0.493 e. The van der Waals surface area contributed by atoms with Crippen molar-refractivity contribution in [3.05, 3.63) is 39.0 Å². The van der Waals surface area contributed by atoms with Crippen molar-refractivity contribution in [1.29, 1.82) is 0 Å². The van der Waals surface area contributed by atoms with Crippen molar-refractivity contribution in [1.82, 2.24) is 5.32 Å². The molecule has 4 nitrogen and oxygen atoms in total. The van der Waals surface area contributed by atoms with E-state index in [9.17, 15) is 0 Å². The van der Waals surface area contributed by atoms with Crippen molar-refractivity contribution in [3.63, 3.8) is 0 Å². The highest BCUT2D eigenvalue weighted by atomic mass is 35.5. The average molecular weight is 328 g/mol. The first kappa shape index (κ1) is 15.9. The number of nitrogens with one attached hydrogen (secondary N) is 1. The molecule has 0 amide bonds. The molecule has 0 aliphatic heterocycles. The normalized spacial score (nSPS) is 12.0. The number of thiophene rings is 1. The van der Waals surface area contributed by atoms with Crippen LogP contribution in [0.15, 0.2) is 23.6 Å². The molecule has 0 fully saturated rings. The van der Waals surface area contributed by atoms with Crippen LogP contribution in [0.3, 0.4) is 0 Å². The fraction of sp³-hybridized carbons (Fsp3) is 0.333. The van der Waals surface area contributed by atoms with Crippen LogP contribution in [-0.2, 0) is 0 Å². The fourth-order valence-electron chi connectivity index (χ4n) is 2.29. The van der Waals surface area contributed by atoms with Crippen LogP contribution in [0.1, 0.15) is 16.5 Å². The zero-order valence-electron chi connectivity index (χ0n) is 12.4. The Morgan fingerprint density at radius 3 is 2.24 bits per heavy atom. The summed E-state index contributed by atoms with van der Waals surface area (Å²) in [6.07, 6.45) is 0. The Kier molecular flexibility index (Phi) is 5.33. The smallest absolute Gasteiger partial charge is 0.203 e. The van der Waals surface area contributed by atoms with E-state index in [2.05, 4.69) is 5.32 Å². The third-order valence-electron chi connectivity index (χ3n) is 3.24.